The van der Waals surface area contributed by atoms with Crippen molar-refractivity contribution in [3.05, 3.63) is 0 Å². The van der Waals surface area contributed by atoms with Crippen molar-refractivity contribution in [2.45, 2.75) is 25.9 Å². The summed E-state index contributed by atoms with van der Waals surface area (Å²) in [5.41, 5.74) is 0. The van der Waals surface area contributed by atoms with Crippen LogP contribution < -0.4 is 0 Å². The summed E-state index contributed by atoms with van der Waals surface area (Å²) in [6, 6.07) is 2.29. The lowest BCUT2D eigenvalue weighted by molar-refractivity contribution is 0.107. The van der Waals surface area contributed by atoms with Crippen LogP contribution in [0, 0.1) is 17.2 Å². The molecule has 1 rings (SSSR count). The molecule has 1 aliphatic heterocycles. The zero-order valence-corrected chi connectivity index (χ0v) is 7.53. The monoisotopic (exact) mass is 168 g/mol. The normalized spacial score (nSPS) is 23.4. The van der Waals surface area contributed by atoms with E-state index in [0.29, 0.717) is 0 Å². The molecule has 1 heterocycles. The Bertz CT molecular complexity index is 166. The Labute approximate surface area is 73.6 Å². The second-order valence-corrected chi connectivity index (χ2v) is 3.55. The molecule has 1 saturated heterocycles. The van der Waals surface area contributed by atoms with E-state index in [1.54, 1.807) is 6.92 Å². The second kappa shape index (κ2) is 4.44. The predicted molar refractivity (Wildman–Crippen MR) is 46.5 cm³/mol. The minimum Gasteiger partial charge on any atom is -0.392 e. The first-order valence-corrected chi connectivity index (χ1v) is 4.52. The molecule has 1 N–H and O–H groups in total. The van der Waals surface area contributed by atoms with Gasteiger partial charge < -0.3 is 10.0 Å². The van der Waals surface area contributed by atoms with Gasteiger partial charge in [0.25, 0.3) is 0 Å². The van der Waals surface area contributed by atoms with E-state index in [1.807, 2.05) is 0 Å². The van der Waals surface area contributed by atoms with Crippen LogP contribution in [0.1, 0.15) is 19.8 Å². The van der Waals surface area contributed by atoms with Crippen molar-refractivity contribution in [3.63, 3.8) is 0 Å². The highest BCUT2D eigenvalue weighted by molar-refractivity contribution is 4.87. The molecular formula is C9H16N2O. The van der Waals surface area contributed by atoms with Gasteiger partial charge in [-0.2, -0.15) is 5.26 Å². The Kier molecular flexibility index (Phi) is 3.51. The molecule has 0 amide bonds. The Morgan fingerprint density at radius 1 is 1.58 bits per heavy atom. The fourth-order valence-corrected chi connectivity index (χ4v) is 1.62. The van der Waals surface area contributed by atoms with Crippen LogP contribution in [0.3, 0.4) is 0 Å². The third-order valence-electron chi connectivity index (χ3n) is 2.29. The molecule has 1 fully saturated rings. The molecule has 0 spiro atoms. The maximum Gasteiger partial charge on any atom is 0.0656 e. The lowest BCUT2D eigenvalue weighted by atomic mass is 9.98. The van der Waals surface area contributed by atoms with E-state index >= 15 is 0 Å². The summed E-state index contributed by atoms with van der Waals surface area (Å²) < 4.78 is 0. The Hall–Kier alpha value is -0.590. The van der Waals surface area contributed by atoms with Gasteiger partial charge in [0, 0.05) is 12.5 Å². The summed E-state index contributed by atoms with van der Waals surface area (Å²) >= 11 is 0. The Morgan fingerprint density at radius 3 is 2.58 bits per heavy atom. The van der Waals surface area contributed by atoms with E-state index in [0.717, 1.165) is 32.5 Å². The number of rotatable bonds is 2. The topological polar surface area (TPSA) is 47.3 Å². The number of aliphatic hydroxyl groups is 1. The third kappa shape index (κ3) is 2.80. The molecule has 0 aromatic heterocycles. The maximum absolute atomic E-state index is 9.12. The summed E-state index contributed by atoms with van der Waals surface area (Å²) in [7, 11) is 0. The molecule has 3 heteroatoms. The average Bonchev–Trinajstić information content (AvgIpc) is 2.05. The highest BCUT2D eigenvalue weighted by atomic mass is 16.3. The zero-order chi connectivity index (χ0) is 8.97. The number of nitrogens with zero attached hydrogens (tertiary/aromatic N) is 2. The number of nitriles is 1. The highest BCUT2D eigenvalue weighted by Gasteiger charge is 2.18. The number of hydrogen-bond acceptors (Lipinski definition) is 3. The van der Waals surface area contributed by atoms with Crippen molar-refractivity contribution < 1.29 is 5.11 Å². The molecule has 12 heavy (non-hydrogen) atoms. The van der Waals surface area contributed by atoms with Gasteiger partial charge in [-0.3, -0.25) is 0 Å². The molecule has 68 valence electrons. The standard InChI is InChI=1S/C9H16N2O/c1-8(12)7-11-4-2-9(6-10)3-5-11/h8-9,12H,2-5,7H2,1H3/t8-/m0/s1. The van der Waals surface area contributed by atoms with Crippen molar-refractivity contribution >= 4 is 0 Å². The van der Waals surface area contributed by atoms with Gasteiger partial charge in [0.1, 0.15) is 0 Å². The molecule has 0 radical (unpaired) electrons. The van der Waals surface area contributed by atoms with Crippen molar-refractivity contribution in [1.82, 2.24) is 4.90 Å². The fraction of sp³-hybridized carbons (Fsp3) is 0.889. The van der Waals surface area contributed by atoms with Crippen LogP contribution in [-0.4, -0.2) is 35.7 Å². The van der Waals surface area contributed by atoms with Gasteiger partial charge in [0.2, 0.25) is 0 Å². The van der Waals surface area contributed by atoms with Gasteiger partial charge in [-0.1, -0.05) is 0 Å². The van der Waals surface area contributed by atoms with Gasteiger partial charge in [0.15, 0.2) is 0 Å². The summed E-state index contributed by atoms with van der Waals surface area (Å²) in [4.78, 5) is 2.22. The first kappa shape index (κ1) is 9.50. The lowest BCUT2D eigenvalue weighted by Gasteiger charge is -2.29. The number of aliphatic hydroxyl groups excluding tert-OH is 1. The minimum atomic E-state index is -0.247. The lowest BCUT2D eigenvalue weighted by Crippen LogP contribution is -2.37. The van der Waals surface area contributed by atoms with Gasteiger partial charge >= 0.3 is 0 Å². The van der Waals surface area contributed by atoms with E-state index in [2.05, 4.69) is 11.0 Å². The summed E-state index contributed by atoms with van der Waals surface area (Å²) in [5.74, 6) is 0.246. The molecule has 0 unspecified atom stereocenters. The van der Waals surface area contributed by atoms with E-state index in [4.69, 9.17) is 10.4 Å². The summed E-state index contributed by atoms with van der Waals surface area (Å²) in [5, 5.41) is 17.8. The van der Waals surface area contributed by atoms with E-state index < -0.39 is 0 Å². The molecule has 0 aliphatic carbocycles. The fourth-order valence-electron chi connectivity index (χ4n) is 1.62. The SMILES string of the molecule is C[C@H](O)CN1CCC(C#N)CC1. The van der Waals surface area contributed by atoms with Crippen LogP contribution in [0.2, 0.25) is 0 Å². The smallest absolute Gasteiger partial charge is 0.0656 e. The molecule has 0 saturated carbocycles. The number of hydrogen-bond donors (Lipinski definition) is 1. The number of piperidine rings is 1. The zero-order valence-electron chi connectivity index (χ0n) is 7.53. The molecular weight excluding hydrogens is 152 g/mol. The second-order valence-electron chi connectivity index (χ2n) is 3.55. The number of β-amino-alcohol motifs (C(OH)–C–C–N with tert-alkyl or cyclic N) is 1. The van der Waals surface area contributed by atoms with Gasteiger partial charge in [-0.25, -0.2) is 0 Å². The van der Waals surface area contributed by atoms with Crippen molar-refractivity contribution in [1.29, 1.82) is 5.26 Å². The average molecular weight is 168 g/mol. The molecule has 0 bridgehead atoms. The highest BCUT2D eigenvalue weighted by Crippen LogP contribution is 2.15. The van der Waals surface area contributed by atoms with E-state index in [9.17, 15) is 0 Å². The van der Waals surface area contributed by atoms with E-state index in [1.165, 1.54) is 0 Å². The van der Waals surface area contributed by atoms with Crippen LogP contribution in [0.5, 0.6) is 0 Å². The van der Waals surface area contributed by atoms with Gasteiger partial charge in [-0.15, -0.1) is 0 Å². The van der Waals surface area contributed by atoms with Crippen LogP contribution in [0.25, 0.3) is 0 Å². The molecule has 0 aromatic carbocycles. The van der Waals surface area contributed by atoms with Crippen molar-refractivity contribution in [2.75, 3.05) is 19.6 Å². The molecule has 1 aliphatic rings. The quantitative estimate of drug-likeness (QED) is 0.657. The number of likely N-dealkylation sites (tertiary alicyclic amines) is 1. The summed E-state index contributed by atoms with van der Waals surface area (Å²) in [6.07, 6.45) is 1.68. The predicted octanol–water partition coefficient (Wildman–Crippen LogP) is 0.603. The maximum atomic E-state index is 9.12. The van der Waals surface area contributed by atoms with Crippen LogP contribution in [0.4, 0.5) is 0 Å². The van der Waals surface area contributed by atoms with Crippen molar-refractivity contribution in [2.24, 2.45) is 5.92 Å². The van der Waals surface area contributed by atoms with Gasteiger partial charge in [0.05, 0.1) is 12.2 Å². The Morgan fingerprint density at radius 2 is 2.17 bits per heavy atom. The minimum absolute atomic E-state index is 0.246. The van der Waals surface area contributed by atoms with Crippen LogP contribution >= 0.6 is 0 Å². The third-order valence-corrected chi connectivity index (χ3v) is 2.29. The molecule has 0 aromatic rings. The summed E-state index contributed by atoms with van der Waals surface area (Å²) in [6.45, 7) is 4.47. The molecule has 1 atom stereocenters. The van der Waals surface area contributed by atoms with Crippen molar-refractivity contribution in [3.8, 4) is 6.07 Å². The Balaban J connectivity index is 2.23. The van der Waals surface area contributed by atoms with Crippen LogP contribution in [0.15, 0.2) is 0 Å². The van der Waals surface area contributed by atoms with Gasteiger partial charge in [-0.05, 0) is 32.9 Å². The first-order chi connectivity index (χ1) is 5.72. The molecule has 3 nitrogen and oxygen atoms in total. The van der Waals surface area contributed by atoms with E-state index in [-0.39, 0.29) is 12.0 Å². The largest absolute Gasteiger partial charge is 0.392 e. The van der Waals surface area contributed by atoms with Crippen LogP contribution in [-0.2, 0) is 0 Å². The first-order valence-electron chi connectivity index (χ1n) is 4.52.